The maximum Gasteiger partial charge on any atom is 0.186 e. The van der Waals surface area contributed by atoms with Crippen molar-refractivity contribution in [2.75, 3.05) is 5.75 Å². The zero-order chi connectivity index (χ0) is 11.1. The van der Waals surface area contributed by atoms with Crippen LogP contribution >= 0.6 is 11.8 Å². The van der Waals surface area contributed by atoms with E-state index in [9.17, 15) is 4.79 Å². The molecule has 0 bridgehead atoms. The first-order valence-corrected chi connectivity index (χ1v) is 5.57. The van der Waals surface area contributed by atoms with Crippen molar-refractivity contribution in [3.63, 3.8) is 0 Å². The molecule has 0 radical (unpaired) electrons. The minimum Gasteiger partial charge on any atom is -0.288 e. The molecule has 0 aliphatic rings. The molecule has 0 saturated carbocycles. The Labute approximate surface area is 94.6 Å². The standard InChI is InChI=1S/C13H12OS/c1-3-12-6-4-7-13(10-12)8-5-9-15-11(2)14/h1,4-8,10H,9H2,2H3. The van der Waals surface area contributed by atoms with Gasteiger partial charge < -0.3 is 0 Å². The molecule has 1 aromatic rings. The summed E-state index contributed by atoms with van der Waals surface area (Å²) in [5.41, 5.74) is 1.94. The van der Waals surface area contributed by atoms with Crippen molar-refractivity contribution >= 4 is 23.0 Å². The van der Waals surface area contributed by atoms with Crippen molar-refractivity contribution in [1.29, 1.82) is 0 Å². The second-order valence-corrected chi connectivity index (χ2v) is 4.17. The number of terminal acetylenes is 1. The van der Waals surface area contributed by atoms with E-state index in [0.29, 0.717) is 5.75 Å². The first-order chi connectivity index (χ1) is 7.22. The maximum absolute atomic E-state index is 10.7. The average molecular weight is 216 g/mol. The van der Waals surface area contributed by atoms with Crippen LogP contribution in [0, 0.1) is 12.3 Å². The lowest BCUT2D eigenvalue weighted by Crippen LogP contribution is -1.82. The van der Waals surface area contributed by atoms with Gasteiger partial charge in [0.15, 0.2) is 5.12 Å². The number of rotatable bonds is 3. The van der Waals surface area contributed by atoms with Crippen LogP contribution in [0.3, 0.4) is 0 Å². The molecule has 0 N–H and O–H groups in total. The van der Waals surface area contributed by atoms with Gasteiger partial charge in [-0.1, -0.05) is 42.0 Å². The Hall–Kier alpha value is -1.46. The fraction of sp³-hybridized carbons (Fsp3) is 0.154. The van der Waals surface area contributed by atoms with E-state index < -0.39 is 0 Å². The minimum absolute atomic E-state index is 0.136. The highest BCUT2D eigenvalue weighted by Crippen LogP contribution is 2.08. The molecule has 0 fully saturated rings. The number of hydrogen-bond acceptors (Lipinski definition) is 2. The lowest BCUT2D eigenvalue weighted by molar-refractivity contribution is -0.109. The molecule has 0 heterocycles. The molecule has 0 aromatic heterocycles. The number of thioether (sulfide) groups is 1. The fourth-order valence-electron chi connectivity index (χ4n) is 1.08. The second kappa shape index (κ2) is 6.10. The lowest BCUT2D eigenvalue weighted by Gasteiger charge is -1.94. The van der Waals surface area contributed by atoms with Crippen molar-refractivity contribution in [3.8, 4) is 12.3 Å². The Bertz CT molecular complexity index is 413. The van der Waals surface area contributed by atoms with Crippen LogP contribution in [0.5, 0.6) is 0 Å². The van der Waals surface area contributed by atoms with E-state index in [2.05, 4.69) is 5.92 Å². The number of benzene rings is 1. The summed E-state index contributed by atoms with van der Waals surface area (Å²) in [4.78, 5) is 10.7. The molecule has 15 heavy (non-hydrogen) atoms. The summed E-state index contributed by atoms with van der Waals surface area (Å²) in [6.07, 6.45) is 9.22. The Morgan fingerprint density at radius 1 is 1.60 bits per heavy atom. The molecule has 0 atom stereocenters. The quantitative estimate of drug-likeness (QED) is 0.723. The van der Waals surface area contributed by atoms with Crippen LogP contribution < -0.4 is 0 Å². The zero-order valence-electron chi connectivity index (χ0n) is 8.57. The second-order valence-electron chi connectivity index (χ2n) is 2.97. The summed E-state index contributed by atoms with van der Waals surface area (Å²) in [5, 5.41) is 0.136. The SMILES string of the molecule is C#Cc1cccc(C=CCSC(C)=O)c1. The van der Waals surface area contributed by atoms with E-state index in [4.69, 9.17) is 6.42 Å². The van der Waals surface area contributed by atoms with Crippen LogP contribution in [-0.4, -0.2) is 10.9 Å². The number of carbonyl (C=O) groups is 1. The zero-order valence-corrected chi connectivity index (χ0v) is 9.38. The van der Waals surface area contributed by atoms with E-state index in [1.807, 2.05) is 36.4 Å². The molecule has 1 nitrogen and oxygen atoms in total. The molecule has 0 spiro atoms. The minimum atomic E-state index is 0.136. The third kappa shape index (κ3) is 4.53. The lowest BCUT2D eigenvalue weighted by atomic mass is 10.1. The van der Waals surface area contributed by atoms with Gasteiger partial charge in [-0.25, -0.2) is 0 Å². The number of hydrogen-bond donors (Lipinski definition) is 0. The first-order valence-electron chi connectivity index (χ1n) is 4.59. The normalized spacial score (nSPS) is 10.1. The topological polar surface area (TPSA) is 17.1 Å². The van der Waals surface area contributed by atoms with Crippen LogP contribution in [0.4, 0.5) is 0 Å². The molecule has 0 unspecified atom stereocenters. The average Bonchev–Trinajstić information content (AvgIpc) is 2.24. The molecular formula is C13H12OS. The largest absolute Gasteiger partial charge is 0.288 e. The number of carbonyl (C=O) groups excluding carboxylic acids is 1. The van der Waals surface area contributed by atoms with E-state index in [1.165, 1.54) is 11.8 Å². The predicted molar refractivity (Wildman–Crippen MR) is 66.6 cm³/mol. The summed E-state index contributed by atoms with van der Waals surface area (Å²) in [5.74, 6) is 3.29. The van der Waals surface area contributed by atoms with Gasteiger partial charge in [0, 0.05) is 18.2 Å². The van der Waals surface area contributed by atoms with E-state index in [-0.39, 0.29) is 5.12 Å². The predicted octanol–water partition coefficient (Wildman–Crippen LogP) is 2.96. The van der Waals surface area contributed by atoms with Gasteiger partial charge in [-0.15, -0.1) is 6.42 Å². The molecule has 0 saturated heterocycles. The van der Waals surface area contributed by atoms with Crippen LogP contribution in [0.15, 0.2) is 30.3 Å². The van der Waals surface area contributed by atoms with E-state index in [0.717, 1.165) is 11.1 Å². The molecule has 0 aliphatic heterocycles. The Kier molecular flexibility index (Phi) is 4.73. The molecule has 1 aromatic carbocycles. The summed E-state index contributed by atoms with van der Waals surface area (Å²) in [6.45, 7) is 1.57. The highest BCUT2D eigenvalue weighted by Gasteiger charge is 1.91. The third-order valence-electron chi connectivity index (χ3n) is 1.75. The van der Waals surface area contributed by atoms with Crippen molar-refractivity contribution in [3.05, 3.63) is 41.5 Å². The Morgan fingerprint density at radius 2 is 2.40 bits per heavy atom. The fourth-order valence-corrected chi connectivity index (χ4v) is 1.51. The van der Waals surface area contributed by atoms with Crippen molar-refractivity contribution in [1.82, 2.24) is 0 Å². The first kappa shape index (κ1) is 11.6. The van der Waals surface area contributed by atoms with E-state index in [1.54, 1.807) is 6.92 Å². The van der Waals surface area contributed by atoms with Crippen molar-refractivity contribution in [2.24, 2.45) is 0 Å². The van der Waals surface area contributed by atoms with Gasteiger partial charge in [-0.05, 0) is 17.7 Å². The summed E-state index contributed by atoms with van der Waals surface area (Å²) in [6, 6.07) is 7.74. The molecule has 1 rings (SSSR count). The van der Waals surface area contributed by atoms with Gasteiger partial charge in [-0.2, -0.15) is 0 Å². The molecule has 76 valence electrons. The molecular weight excluding hydrogens is 204 g/mol. The van der Waals surface area contributed by atoms with Crippen LogP contribution in [0.1, 0.15) is 18.1 Å². The monoisotopic (exact) mass is 216 g/mol. The Balaban J connectivity index is 2.57. The molecule has 0 amide bonds. The van der Waals surface area contributed by atoms with Crippen LogP contribution in [0.2, 0.25) is 0 Å². The van der Waals surface area contributed by atoms with Crippen LogP contribution in [0.25, 0.3) is 6.08 Å². The maximum atomic E-state index is 10.7. The van der Waals surface area contributed by atoms with Gasteiger partial charge in [0.2, 0.25) is 0 Å². The van der Waals surface area contributed by atoms with Crippen molar-refractivity contribution < 1.29 is 4.79 Å². The molecule has 0 aliphatic carbocycles. The third-order valence-corrected chi connectivity index (χ3v) is 2.51. The summed E-state index contributed by atoms with van der Waals surface area (Å²) in [7, 11) is 0. The van der Waals surface area contributed by atoms with Gasteiger partial charge in [0.1, 0.15) is 0 Å². The van der Waals surface area contributed by atoms with E-state index >= 15 is 0 Å². The van der Waals surface area contributed by atoms with Gasteiger partial charge in [0.05, 0.1) is 0 Å². The molecule has 2 heteroatoms. The smallest absolute Gasteiger partial charge is 0.186 e. The summed E-state index contributed by atoms with van der Waals surface area (Å²) < 4.78 is 0. The van der Waals surface area contributed by atoms with Gasteiger partial charge in [-0.3, -0.25) is 4.79 Å². The Morgan fingerprint density at radius 3 is 3.07 bits per heavy atom. The van der Waals surface area contributed by atoms with Gasteiger partial charge >= 0.3 is 0 Å². The highest BCUT2D eigenvalue weighted by atomic mass is 32.2. The highest BCUT2D eigenvalue weighted by molar-refractivity contribution is 8.13. The van der Waals surface area contributed by atoms with Gasteiger partial charge in [0.25, 0.3) is 0 Å². The van der Waals surface area contributed by atoms with Crippen LogP contribution in [-0.2, 0) is 4.79 Å². The summed E-state index contributed by atoms with van der Waals surface area (Å²) >= 11 is 1.29. The van der Waals surface area contributed by atoms with Crippen molar-refractivity contribution in [2.45, 2.75) is 6.92 Å².